The molecule has 1 amide bonds. The van der Waals surface area contributed by atoms with E-state index in [0.29, 0.717) is 11.4 Å². The monoisotopic (exact) mass is 299 g/mol. The number of benzene rings is 1. The summed E-state index contributed by atoms with van der Waals surface area (Å²) in [4.78, 5) is 21.6. The molecular formula is C12H14BrNO3. The average Bonchev–Trinajstić information content (AvgIpc) is 2.33. The zero-order chi connectivity index (χ0) is 13.2. The molecule has 0 bridgehead atoms. The van der Waals surface area contributed by atoms with E-state index in [2.05, 4.69) is 21.2 Å². The Kier molecular flexibility index (Phi) is 4.28. The molecule has 17 heavy (non-hydrogen) atoms. The van der Waals surface area contributed by atoms with Crippen LogP contribution in [0.3, 0.4) is 0 Å². The molecule has 0 fully saturated rings. The number of anilines is 1. The molecule has 0 aliphatic heterocycles. The van der Waals surface area contributed by atoms with Crippen LogP contribution < -0.4 is 10.1 Å². The van der Waals surface area contributed by atoms with Crippen molar-refractivity contribution in [2.45, 2.75) is 20.8 Å². The lowest BCUT2D eigenvalue weighted by Gasteiger charge is -2.18. The van der Waals surface area contributed by atoms with Gasteiger partial charge < -0.3 is 10.1 Å². The topological polar surface area (TPSA) is 55.4 Å². The zero-order valence-corrected chi connectivity index (χ0v) is 11.8. The number of nitrogens with one attached hydrogen (secondary N) is 1. The number of rotatable bonds is 3. The Morgan fingerprint density at radius 3 is 2.29 bits per heavy atom. The molecule has 0 aromatic heterocycles. The number of amides is 1. The van der Waals surface area contributed by atoms with E-state index in [0.717, 1.165) is 21.2 Å². The van der Waals surface area contributed by atoms with Crippen molar-refractivity contribution in [3.05, 3.63) is 21.2 Å². The van der Waals surface area contributed by atoms with Gasteiger partial charge in [-0.15, -0.1) is 0 Å². The van der Waals surface area contributed by atoms with E-state index in [1.165, 1.54) is 7.11 Å². The SMILES string of the molecule is COc1c(C)c(C)c(Br)c(C)c1NC(=O)C=O. The van der Waals surface area contributed by atoms with Crippen LogP contribution in [0.2, 0.25) is 0 Å². The van der Waals surface area contributed by atoms with Crippen LogP contribution >= 0.6 is 15.9 Å². The van der Waals surface area contributed by atoms with Gasteiger partial charge in [0.05, 0.1) is 12.8 Å². The van der Waals surface area contributed by atoms with Crippen LogP contribution in [-0.4, -0.2) is 19.3 Å². The second-order valence-electron chi connectivity index (χ2n) is 3.70. The van der Waals surface area contributed by atoms with E-state index in [9.17, 15) is 9.59 Å². The van der Waals surface area contributed by atoms with Gasteiger partial charge in [-0.2, -0.15) is 0 Å². The standard InChI is InChI=1S/C12H14BrNO3/c1-6-7(2)12(17-4)11(8(3)10(6)13)14-9(16)5-15/h5H,1-4H3,(H,14,16). The fourth-order valence-corrected chi connectivity index (χ4v) is 2.14. The van der Waals surface area contributed by atoms with Gasteiger partial charge in [-0.25, -0.2) is 0 Å². The van der Waals surface area contributed by atoms with Crippen LogP contribution in [0.5, 0.6) is 5.75 Å². The largest absolute Gasteiger partial charge is 0.494 e. The summed E-state index contributed by atoms with van der Waals surface area (Å²) in [6.45, 7) is 5.70. The van der Waals surface area contributed by atoms with Crippen molar-refractivity contribution in [2.24, 2.45) is 0 Å². The first-order valence-electron chi connectivity index (χ1n) is 5.03. The molecule has 0 saturated heterocycles. The maximum atomic E-state index is 11.2. The number of carbonyl (C=O) groups is 2. The second kappa shape index (κ2) is 5.31. The van der Waals surface area contributed by atoms with Crippen LogP contribution in [0.1, 0.15) is 16.7 Å². The molecule has 0 saturated carbocycles. The van der Waals surface area contributed by atoms with Crippen molar-refractivity contribution in [2.75, 3.05) is 12.4 Å². The molecule has 1 N–H and O–H groups in total. The molecular weight excluding hydrogens is 286 g/mol. The van der Waals surface area contributed by atoms with E-state index in [-0.39, 0.29) is 6.29 Å². The molecule has 0 unspecified atom stereocenters. The first kappa shape index (κ1) is 13.7. The minimum absolute atomic E-state index is 0.238. The maximum Gasteiger partial charge on any atom is 0.288 e. The van der Waals surface area contributed by atoms with E-state index < -0.39 is 5.91 Å². The number of carbonyl (C=O) groups excluding carboxylic acids is 2. The number of hydrogen-bond donors (Lipinski definition) is 1. The molecule has 1 rings (SSSR count). The van der Waals surface area contributed by atoms with Crippen LogP contribution in [-0.2, 0) is 9.59 Å². The summed E-state index contributed by atoms with van der Waals surface area (Å²) in [6.07, 6.45) is 0.238. The molecule has 0 radical (unpaired) electrons. The van der Waals surface area contributed by atoms with Gasteiger partial charge in [-0.05, 0) is 37.5 Å². The Morgan fingerprint density at radius 2 is 1.82 bits per heavy atom. The first-order valence-corrected chi connectivity index (χ1v) is 5.82. The average molecular weight is 300 g/mol. The lowest BCUT2D eigenvalue weighted by atomic mass is 10.0. The fourth-order valence-electron chi connectivity index (χ4n) is 1.64. The van der Waals surface area contributed by atoms with Crippen molar-refractivity contribution < 1.29 is 14.3 Å². The van der Waals surface area contributed by atoms with Crippen LogP contribution in [0.25, 0.3) is 0 Å². The van der Waals surface area contributed by atoms with Crippen LogP contribution in [0.15, 0.2) is 4.47 Å². The quantitative estimate of drug-likeness (QED) is 0.689. The van der Waals surface area contributed by atoms with Gasteiger partial charge in [0, 0.05) is 4.47 Å². The van der Waals surface area contributed by atoms with Crippen molar-refractivity contribution in [1.82, 2.24) is 0 Å². The highest BCUT2D eigenvalue weighted by atomic mass is 79.9. The van der Waals surface area contributed by atoms with Gasteiger partial charge in [0.25, 0.3) is 5.91 Å². The molecule has 0 aliphatic rings. The van der Waals surface area contributed by atoms with Gasteiger partial charge in [-0.1, -0.05) is 15.9 Å². The summed E-state index contributed by atoms with van der Waals surface area (Å²) in [6, 6.07) is 0. The molecule has 0 atom stereocenters. The Bertz CT molecular complexity index is 483. The van der Waals surface area contributed by atoms with E-state index >= 15 is 0 Å². The second-order valence-corrected chi connectivity index (χ2v) is 4.50. The van der Waals surface area contributed by atoms with E-state index in [4.69, 9.17) is 4.74 Å². The summed E-state index contributed by atoms with van der Waals surface area (Å²) >= 11 is 3.46. The number of halogens is 1. The molecule has 0 spiro atoms. The van der Waals surface area contributed by atoms with E-state index in [1.807, 2.05) is 20.8 Å². The molecule has 92 valence electrons. The minimum Gasteiger partial charge on any atom is -0.494 e. The molecule has 4 nitrogen and oxygen atoms in total. The smallest absolute Gasteiger partial charge is 0.288 e. The van der Waals surface area contributed by atoms with Crippen molar-refractivity contribution >= 4 is 33.8 Å². The Hall–Kier alpha value is -1.36. The summed E-state index contributed by atoms with van der Waals surface area (Å²) in [5.41, 5.74) is 3.33. The lowest BCUT2D eigenvalue weighted by Crippen LogP contribution is -2.15. The minimum atomic E-state index is -0.693. The third-order valence-corrected chi connectivity index (χ3v) is 3.91. The summed E-state index contributed by atoms with van der Waals surface area (Å²) in [7, 11) is 1.53. The number of hydrogen-bond acceptors (Lipinski definition) is 3. The van der Waals surface area contributed by atoms with Gasteiger partial charge in [0.1, 0.15) is 5.75 Å². The highest BCUT2D eigenvalue weighted by Gasteiger charge is 2.18. The number of aldehydes is 1. The number of ether oxygens (including phenoxy) is 1. The van der Waals surface area contributed by atoms with Crippen LogP contribution in [0.4, 0.5) is 5.69 Å². The Labute approximate surface area is 108 Å². The molecule has 0 aliphatic carbocycles. The highest BCUT2D eigenvalue weighted by Crippen LogP contribution is 2.39. The Morgan fingerprint density at radius 1 is 1.24 bits per heavy atom. The van der Waals surface area contributed by atoms with Gasteiger partial charge >= 0.3 is 0 Å². The predicted molar refractivity (Wildman–Crippen MR) is 69.6 cm³/mol. The van der Waals surface area contributed by atoms with Crippen molar-refractivity contribution in [3.8, 4) is 5.75 Å². The predicted octanol–water partition coefficient (Wildman–Crippen LogP) is 2.52. The highest BCUT2D eigenvalue weighted by molar-refractivity contribution is 9.10. The fraction of sp³-hybridized carbons (Fsp3) is 0.333. The first-order chi connectivity index (χ1) is 7.93. The Balaban J connectivity index is 3.46. The third kappa shape index (κ3) is 2.49. The maximum absolute atomic E-state index is 11.2. The molecule has 1 aromatic rings. The molecule has 1 aromatic carbocycles. The van der Waals surface area contributed by atoms with Gasteiger partial charge in [0.15, 0.2) is 0 Å². The third-order valence-electron chi connectivity index (χ3n) is 2.72. The zero-order valence-electron chi connectivity index (χ0n) is 10.2. The van der Waals surface area contributed by atoms with Crippen molar-refractivity contribution in [1.29, 1.82) is 0 Å². The number of methoxy groups -OCH3 is 1. The van der Waals surface area contributed by atoms with Gasteiger partial charge in [-0.3, -0.25) is 9.59 Å². The van der Waals surface area contributed by atoms with Gasteiger partial charge in [0.2, 0.25) is 6.29 Å². The molecule has 0 heterocycles. The normalized spacial score (nSPS) is 9.94. The van der Waals surface area contributed by atoms with E-state index in [1.54, 1.807) is 0 Å². The summed E-state index contributed by atoms with van der Waals surface area (Å²) in [5, 5.41) is 2.53. The van der Waals surface area contributed by atoms with Crippen LogP contribution in [0, 0.1) is 20.8 Å². The molecule has 5 heteroatoms. The lowest BCUT2D eigenvalue weighted by molar-refractivity contribution is -0.127. The summed E-state index contributed by atoms with van der Waals surface area (Å²) < 4.78 is 6.19. The summed E-state index contributed by atoms with van der Waals surface area (Å²) in [5.74, 6) is -0.111. The van der Waals surface area contributed by atoms with Crippen molar-refractivity contribution in [3.63, 3.8) is 0 Å².